The van der Waals surface area contributed by atoms with Gasteiger partial charge < -0.3 is 9.88 Å². The molecule has 5 nitrogen and oxygen atoms in total. The SMILES string of the molecule is CCc1ccc(CN(C)C(=O)c2c(C)cc(C)[nH]c2=O)nc1. The lowest BCUT2D eigenvalue weighted by Crippen LogP contribution is -2.32. The van der Waals surface area contributed by atoms with Crippen LogP contribution in [-0.4, -0.2) is 27.8 Å². The molecular weight excluding hydrogens is 278 g/mol. The number of nitrogens with zero attached hydrogens (tertiary/aromatic N) is 2. The van der Waals surface area contributed by atoms with Crippen LogP contribution in [0, 0.1) is 13.8 Å². The lowest BCUT2D eigenvalue weighted by molar-refractivity contribution is 0.0781. The lowest BCUT2D eigenvalue weighted by Gasteiger charge is -2.17. The Balaban J connectivity index is 2.20. The van der Waals surface area contributed by atoms with Gasteiger partial charge in [0.05, 0.1) is 12.2 Å². The summed E-state index contributed by atoms with van der Waals surface area (Å²) in [7, 11) is 1.68. The first-order valence-electron chi connectivity index (χ1n) is 7.32. The maximum Gasteiger partial charge on any atom is 0.261 e. The first-order chi connectivity index (χ1) is 10.4. The maximum atomic E-state index is 12.5. The van der Waals surface area contributed by atoms with Crippen molar-refractivity contribution in [2.75, 3.05) is 7.05 Å². The Bertz CT molecular complexity index is 733. The van der Waals surface area contributed by atoms with Crippen molar-refractivity contribution < 1.29 is 4.79 Å². The van der Waals surface area contributed by atoms with Crippen LogP contribution in [0.5, 0.6) is 0 Å². The fourth-order valence-electron chi connectivity index (χ4n) is 2.38. The molecular formula is C17H21N3O2. The van der Waals surface area contributed by atoms with Crippen molar-refractivity contribution in [1.29, 1.82) is 0 Å². The standard InChI is InChI=1S/C17H21N3O2/c1-5-13-6-7-14(18-9-13)10-20(4)17(22)15-11(2)8-12(3)19-16(15)21/h6-9H,5,10H2,1-4H3,(H,19,21). The lowest BCUT2D eigenvalue weighted by atomic mass is 10.1. The average molecular weight is 299 g/mol. The van der Waals surface area contributed by atoms with Crippen molar-refractivity contribution in [3.63, 3.8) is 0 Å². The Morgan fingerprint density at radius 2 is 2.05 bits per heavy atom. The molecule has 5 heteroatoms. The third-order valence-electron chi connectivity index (χ3n) is 3.62. The number of hydrogen-bond donors (Lipinski definition) is 1. The van der Waals surface area contributed by atoms with E-state index in [-0.39, 0.29) is 17.0 Å². The quantitative estimate of drug-likeness (QED) is 0.941. The summed E-state index contributed by atoms with van der Waals surface area (Å²) in [5, 5.41) is 0. The number of aromatic nitrogens is 2. The van der Waals surface area contributed by atoms with Crippen LogP contribution in [0.1, 0.15) is 39.8 Å². The van der Waals surface area contributed by atoms with Gasteiger partial charge in [0, 0.05) is 18.9 Å². The number of aromatic amines is 1. The monoisotopic (exact) mass is 299 g/mol. The summed E-state index contributed by atoms with van der Waals surface area (Å²) in [6.45, 7) is 6.01. The van der Waals surface area contributed by atoms with Gasteiger partial charge in [0.15, 0.2) is 0 Å². The Kier molecular flexibility index (Phi) is 4.75. The third kappa shape index (κ3) is 3.42. The van der Waals surface area contributed by atoms with E-state index in [1.54, 1.807) is 27.0 Å². The molecule has 2 aromatic rings. The summed E-state index contributed by atoms with van der Waals surface area (Å²) in [6, 6.07) is 5.72. The van der Waals surface area contributed by atoms with Crippen molar-refractivity contribution in [2.45, 2.75) is 33.7 Å². The summed E-state index contributed by atoms with van der Waals surface area (Å²) >= 11 is 0. The highest BCUT2D eigenvalue weighted by atomic mass is 16.2. The van der Waals surface area contributed by atoms with E-state index >= 15 is 0 Å². The van der Waals surface area contributed by atoms with Crippen LogP contribution in [0.2, 0.25) is 0 Å². The van der Waals surface area contributed by atoms with Crippen LogP contribution in [0.15, 0.2) is 29.2 Å². The summed E-state index contributed by atoms with van der Waals surface area (Å²) in [6.07, 6.45) is 2.75. The molecule has 0 unspecified atom stereocenters. The molecule has 116 valence electrons. The Labute approximate surface area is 130 Å². The molecule has 2 rings (SSSR count). The summed E-state index contributed by atoms with van der Waals surface area (Å²) < 4.78 is 0. The number of amides is 1. The molecule has 2 heterocycles. The highest BCUT2D eigenvalue weighted by molar-refractivity contribution is 5.95. The van der Waals surface area contributed by atoms with Gasteiger partial charge >= 0.3 is 0 Å². The molecule has 0 saturated heterocycles. The molecule has 2 aromatic heterocycles. The van der Waals surface area contributed by atoms with Gasteiger partial charge in [0.1, 0.15) is 5.56 Å². The van der Waals surface area contributed by atoms with E-state index in [0.717, 1.165) is 23.4 Å². The molecule has 0 atom stereocenters. The smallest absolute Gasteiger partial charge is 0.261 e. The van der Waals surface area contributed by atoms with Gasteiger partial charge in [0.25, 0.3) is 11.5 Å². The fourth-order valence-corrected chi connectivity index (χ4v) is 2.38. The molecule has 0 fully saturated rings. The van der Waals surface area contributed by atoms with E-state index in [9.17, 15) is 9.59 Å². The molecule has 0 aliphatic rings. The second-order valence-corrected chi connectivity index (χ2v) is 5.51. The number of carbonyl (C=O) groups excluding carboxylic acids is 1. The zero-order valence-electron chi connectivity index (χ0n) is 13.4. The second-order valence-electron chi connectivity index (χ2n) is 5.51. The van der Waals surface area contributed by atoms with Crippen LogP contribution >= 0.6 is 0 Å². The maximum absolute atomic E-state index is 12.5. The van der Waals surface area contributed by atoms with E-state index in [1.807, 2.05) is 18.3 Å². The highest BCUT2D eigenvalue weighted by Gasteiger charge is 2.18. The molecule has 0 aromatic carbocycles. The first kappa shape index (κ1) is 15.9. The number of carbonyl (C=O) groups is 1. The van der Waals surface area contributed by atoms with Gasteiger partial charge in [-0.1, -0.05) is 13.0 Å². The van der Waals surface area contributed by atoms with E-state index < -0.39 is 0 Å². The summed E-state index contributed by atoms with van der Waals surface area (Å²) in [5.41, 5.74) is 3.24. The molecule has 1 amide bonds. The van der Waals surface area contributed by atoms with Gasteiger partial charge in [0.2, 0.25) is 0 Å². The minimum Gasteiger partial charge on any atom is -0.336 e. The second kappa shape index (κ2) is 6.56. The van der Waals surface area contributed by atoms with Crippen molar-refractivity contribution in [1.82, 2.24) is 14.9 Å². The minimum atomic E-state index is -0.344. The molecule has 0 spiro atoms. The Morgan fingerprint density at radius 3 is 2.59 bits per heavy atom. The number of rotatable bonds is 4. The van der Waals surface area contributed by atoms with E-state index in [1.165, 1.54) is 4.90 Å². The number of hydrogen-bond acceptors (Lipinski definition) is 3. The molecule has 0 aliphatic heterocycles. The van der Waals surface area contributed by atoms with Crippen LogP contribution in [0.25, 0.3) is 0 Å². The molecule has 0 saturated carbocycles. The Morgan fingerprint density at radius 1 is 1.32 bits per heavy atom. The van der Waals surface area contributed by atoms with Crippen molar-refractivity contribution in [3.8, 4) is 0 Å². The van der Waals surface area contributed by atoms with Gasteiger partial charge in [-0.2, -0.15) is 0 Å². The summed E-state index contributed by atoms with van der Waals surface area (Å²) in [4.78, 5) is 33.1. The zero-order chi connectivity index (χ0) is 16.3. The topological polar surface area (TPSA) is 66.1 Å². The molecule has 0 bridgehead atoms. The Hall–Kier alpha value is -2.43. The van der Waals surface area contributed by atoms with Crippen LogP contribution in [0.3, 0.4) is 0 Å². The third-order valence-corrected chi connectivity index (χ3v) is 3.62. The van der Waals surface area contributed by atoms with E-state index in [4.69, 9.17) is 0 Å². The van der Waals surface area contributed by atoms with Crippen molar-refractivity contribution in [3.05, 3.63) is 62.8 Å². The molecule has 0 radical (unpaired) electrons. The van der Waals surface area contributed by atoms with Crippen molar-refractivity contribution >= 4 is 5.91 Å². The average Bonchev–Trinajstić information content (AvgIpc) is 2.46. The van der Waals surface area contributed by atoms with Crippen LogP contribution in [-0.2, 0) is 13.0 Å². The summed E-state index contributed by atoms with van der Waals surface area (Å²) in [5.74, 6) is -0.292. The molecule has 22 heavy (non-hydrogen) atoms. The van der Waals surface area contributed by atoms with Gasteiger partial charge in [-0.25, -0.2) is 0 Å². The zero-order valence-corrected chi connectivity index (χ0v) is 13.4. The number of nitrogens with one attached hydrogen (secondary N) is 1. The molecule has 1 N–H and O–H groups in total. The molecule has 0 aliphatic carbocycles. The van der Waals surface area contributed by atoms with Gasteiger partial charge in [-0.3, -0.25) is 14.6 Å². The van der Waals surface area contributed by atoms with Crippen LogP contribution in [0.4, 0.5) is 0 Å². The first-order valence-corrected chi connectivity index (χ1v) is 7.32. The normalized spacial score (nSPS) is 10.5. The fraction of sp³-hybridized carbons (Fsp3) is 0.353. The number of H-pyrrole nitrogens is 1. The predicted molar refractivity (Wildman–Crippen MR) is 85.9 cm³/mol. The minimum absolute atomic E-state index is 0.193. The van der Waals surface area contributed by atoms with E-state index in [0.29, 0.717) is 12.1 Å². The predicted octanol–water partition coefficient (Wildman–Crippen LogP) is 2.22. The van der Waals surface area contributed by atoms with Crippen molar-refractivity contribution in [2.24, 2.45) is 0 Å². The van der Waals surface area contributed by atoms with Gasteiger partial charge in [-0.15, -0.1) is 0 Å². The number of pyridine rings is 2. The highest BCUT2D eigenvalue weighted by Crippen LogP contribution is 2.09. The van der Waals surface area contributed by atoms with Gasteiger partial charge in [-0.05, 0) is 43.5 Å². The van der Waals surface area contributed by atoms with E-state index in [2.05, 4.69) is 16.9 Å². The largest absolute Gasteiger partial charge is 0.336 e. The van der Waals surface area contributed by atoms with Crippen LogP contribution < -0.4 is 5.56 Å². The number of aryl methyl sites for hydroxylation is 3.